The van der Waals surface area contributed by atoms with Crippen molar-refractivity contribution < 1.29 is 4.79 Å². The Labute approximate surface area is 167 Å². The van der Waals surface area contributed by atoms with Crippen molar-refractivity contribution in [2.75, 3.05) is 18.0 Å². The molecular formula is C20H18N2OS3. The first-order valence-electron chi connectivity index (χ1n) is 8.56. The van der Waals surface area contributed by atoms with Crippen LogP contribution in [0.5, 0.6) is 0 Å². The molecule has 0 radical (unpaired) electrons. The number of nitrogens with zero attached hydrogens (tertiary/aromatic N) is 2. The molecule has 0 aromatic heterocycles. The molecule has 26 heavy (non-hydrogen) atoms. The number of thiocarbonyl (C=S) groups is 1. The smallest absolute Gasteiger partial charge is 0.266 e. The number of rotatable bonds is 3. The summed E-state index contributed by atoms with van der Waals surface area (Å²) in [5, 5.41) is 3.66. The number of likely N-dealkylation sites (N-methyl/N-ethyl adjacent to an activating group) is 1. The van der Waals surface area contributed by atoms with Gasteiger partial charge in [0, 0.05) is 18.0 Å². The molecule has 0 atom stereocenters. The summed E-state index contributed by atoms with van der Waals surface area (Å²) in [5.74, 6) is 0.00774. The van der Waals surface area contributed by atoms with Crippen LogP contribution in [-0.2, 0) is 4.79 Å². The second-order valence-corrected chi connectivity index (χ2v) is 8.64. The predicted molar refractivity (Wildman–Crippen MR) is 117 cm³/mol. The fourth-order valence-corrected chi connectivity index (χ4v) is 5.80. The van der Waals surface area contributed by atoms with Gasteiger partial charge >= 0.3 is 0 Å². The van der Waals surface area contributed by atoms with Gasteiger partial charge in [0.15, 0.2) is 0 Å². The van der Waals surface area contributed by atoms with Crippen molar-refractivity contribution in [3.63, 3.8) is 0 Å². The molecule has 0 spiro atoms. The van der Waals surface area contributed by atoms with Gasteiger partial charge in [-0.1, -0.05) is 66.1 Å². The van der Waals surface area contributed by atoms with Crippen LogP contribution in [0, 0.1) is 0 Å². The first kappa shape index (κ1) is 17.6. The Bertz CT molecular complexity index is 980. The minimum Gasteiger partial charge on any atom is -0.335 e. The minimum absolute atomic E-state index is 0.00774. The molecule has 3 nitrogen and oxygen atoms in total. The van der Waals surface area contributed by atoms with Crippen LogP contribution in [0.3, 0.4) is 0 Å². The maximum atomic E-state index is 12.4. The zero-order valence-corrected chi connectivity index (χ0v) is 17.0. The summed E-state index contributed by atoms with van der Waals surface area (Å²) in [6.07, 6.45) is 3.96. The van der Waals surface area contributed by atoms with Gasteiger partial charge in [-0.3, -0.25) is 9.69 Å². The lowest BCUT2D eigenvalue weighted by Crippen LogP contribution is -2.27. The van der Waals surface area contributed by atoms with E-state index in [0.29, 0.717) is 15.8 Å². The van der Waals surface area contributed by atoms with E-state index in [1.54, 1.807) is 16.7 Å². The molecule has 4 rings (SSSR count). The molecule has 1 fully saturated rings. The van der Waals surface area contributed by atoms with E-state index in [1.807, 2.05) is 19.1 Å². The predicted octanol–water partition coefficient (Wildman–Crippen LogP) is 5.38. The van der Waals surface area contributed by atoms with Crippen molar-refractivity contribution in [1.82, 2.24) is 4.90 Å². The van der Waals surface area contributed by atoms with Crippen molar-refractivity contribution in [3.05, 3.63) is 58.5 Å². The van der Waals surface area contributed by atoms with Crippen molar-refractivity contribution in [3.8, 4) is 0 Å². The number of amides is 1. The molecule has 1 saturated heterocycles. The van der Waals surface area contributed by atoms with Crippen LogP contribution in [-0.4, -0.2) is 28.2 Å². The van der Waals surface area contributed by atoms with Gasteiger partial charge in [0.2, 0.25) is 0 Å². The molecule has 0 saturated carbocycles. The van der Waals surface area contributed by atoms with E-state index < -0.39 is 0 Å². The Hall–Kier alpha value is -1.76. The highest BCUT2D eigenvalue weighted by Gasteiger charge is 2.31. The number of benzene rings is 2. The van der Waals surface area contributed by atoms with Crippen LogP contribution in [0.1, 0.15) is 13.8 Å². The van der Waals surface area contributed by atoms with Crippen LogP contribution in [0.4, 0.5) is 5.69 Å². The number of anilines is 1. The van der Waals surface area contributed by atoms with Gasteiger partial charge in [-0.2, -0.15) is 0 Å². The van der Waals surface area contributed by atoms with Crippen molar-refractivity contribution in [2.24, 2.45) is 0 Å². The quantitative estimate of drug-likeness (QED) is 0.510. The molecule has 6 heteroatoms. The monoisotopic (exact) mass is 398 g/mol. The fraction of sp³-hybridized carbons (Fsp3) is 0.200. The molecular weight excluding hydrogens is 380 g/mol. The maximum Gasteiger partial charge on any atom is 0.266 e. The van der Waals surface area contributed by atoms with Crippen LogP contribution in [0.25, 0.3) is 10.8 Å². The van der Waals surface area contributed by atoms with Crippen molar-refractivity contribution in [2.45, 2.75) is 18.7 Å². The van der Waals surface area contributed by atoms with Gasteiger partial charge in [0.1, 0.15) is 4.32 Å². The zero-order valence-electron chi connectivity index (χ0n) is 14.6. The number of thioether (sulfide) groups is 2. The van der Waals surface area contributed by atoms with Gasteiger partial charge in [0.05, 0.1) is 15.6 Å². The lowest BCUT2D eigenvalue weighted by atomic mass is 10.1. The first-order valence-corrected chi connectivity index (χ1v) is 10.6. The highest BCUT2D eigenvalue weighted by Crippen LogP contribution is 2.49. The van der Waals surface area contributed by atoms with E-state index in [2.05, 4.69) is 48.2 Å². The van der Waals surface area contributed by atoms with E-state index >= 15 is 0 Å². The van der Waals surface area contributed by atoms with Crippen LogP contribution < -0.4 is 4.90 Å². The summed E-state index contributed by atoms with van der Waals surface area (Å²) >= 11 is 8.44. The van der Waals surface area contributed by atoms with Crippen molar-refractivity contribution >= 4 is 62.4 Å². The van der Waals surface area contributed by atoms with Gasteiger partial charge in [0.25, 0.3) is 5.91 Å². The Morgan fingerprint density at radius 3 is 2.50 bits per heavy atom. The first-order chi connectivity index (χ1) is 12.6. The van der Waals surface area contributed by atoms with Gasteiger partial charge in [-0.25, -0.2) is 0 Å². The maximum absolute atomic E-state index is 12.4. The average Bonchev–Trinajstić information content (AvgIpc) is 3.16. The van der Waals surface area contributed by atoms with Crippen LogP contribution >= 0.6 is 35.7 Å². The summed E-state index contributed by atoms with van der Waals surface area (Å²) < 4.78 is 0.642. The number of hydrogen-bond acceptors (Lipinski definition) is 5. The Morgan fingerprint density at radius 2 is 1.77 bits per heavy atom. The molecule has 2 heterocycles. The van der Waals surface area contributed by atoms with Crippen LogP contribution in [0.15, 0.2) is 63.4 Å². The van der Waals surface area contributed by atoms with E-state index in [-0.39, 0.29) is 5.91 Å². The molecule has 0 bridgehead atoms. The summed E-state index contributed by atoms with van der Waals surface area (Å²) in [6, 6.07) is 12.8. The summed E-state index contributed by atoms with van der Waals surface area (Å²) in [7, 11) is 0. The minimum atomic E-state index is 0.00774. The third-order valence-corrected chi connectivity index (χ3v) is 7.10. The van der Waals surface area contributed by atoms with E-state index in [0.717, 1.165) is 11.6 Å². The fourth-order valence-electron chi connectivity index (χ4n) is 3.21. The third kappa shape index (κ3) is 2.86. The van der Waals surface area contributed by atoms with E-state index in [9.17, 15) is 4.79 Å². The summed E-state index contributed by atoms with van der Waals surface area (Å²) in [5.41, 5.74) is 1.23. The standard InChI is InChI=1S/C20H18N2OS3/c1-3-21-15-10-9-13-7-5-6-8-14(13)18(15)26-17(21)12-11-16-19(23)22(4-2)20(24)25-16/h5-12H,3-4H2,1-2H3. The molecule has 2 aromatic carbocycles. The zero-order chi connectivity index (χ0) is 18.3. The number of allylic oxidation sites excluding steroid dienone is 2. The molecule has 2 aliphatic heterocycles. The second-order valence-electron chi connectivity index (χ2n) is 5.93. The summed E-state index contributed by atoms with van der Waals surface area (Å²) in [4.78, 5) is 18.3. The number of hydrogen-bond donors (Lipinski definition) is 0. The molecule has 0 aliphatic carbocycles. The highest BCUT2D eigenvalue weighted by atomic mass is 32.2. The Kier molecular flexibility index (Phi) is 4.82. The number of carbonyl (C=O) groups excluding carboxylic acids is 1. The second kappa shape index (κ2) is 7.10. The van der Waals surface area contributed by atoms with Crippen LogP contribution in [0.2, 0.25) is 0 Å². The Morgan fingerprint density at radius 1 is 1.00 bits per heavy atom. The average molecular weight is 399 g/mol. The lowest BCUT2D eigenvalue weighted by molar-refractivity contribution is -0.122. The highest BCUT2D eigenvalue weighted by molar-refractivity contribution is 8.26. The third-order valence-electron chi connectivity index (χ3n) is 4.51. The topological polar surface area (TPSA) is 23.6 Å². The Balaban J connectivity index is 1.71. The molecule has 2 aromatic rings. The van der Waals surface area contributed by atoms with Gasteiger partial charge in [-0.05, 0) is 42.8 Å². The summed E-state index contributed by atoms with van der Waals surface area (Å²) in [6.45, 7) is 5.59. The molecule has 2 aliphatic rings. The normalized spacial score (nSPS) is 20.1. The van der Waals surface area contributed by atoms with Crippen molar-refractivity contribution in [1.29, 1.82) is 0 Å². The molecule has 132 valence electrons. The van der Waals surface area contributed by atoms with Gasteiger partial charge < -0.3 is 4.90 Å². The largest absolute Gasteiger partial charge is 0.335 e. The lowest BCUT2D eigenvalue weighted by Gasteiger charge is -2.17. The number of fused-ring (bicyclic) bond motifs is 3. The molecule has 0 unspecified atom stereocenters. The van der Waals surface area contributed by atoms with Gasteiger partial charge in [-0.15, -0.1) is 0 Å². The SMILES string of the molecule is CCN1C(=O)C(=CC=C2Sc3c(ccc4ccccc34)N2CC)SC1=S. The molecule has 1 amide bonds. The number of carbonyl (C=O) groups is 1. The van der Waals surface area contributed by atoms with E-state index in [1.165, 1.54) is 33.1 Å². The van der Waals surface area contributed by atoms with E-state index in [4.69, 9.17) is 12.2 Å². The molecule has 0 N–H and O–H groups in total.